The van der Waals surface area contributed by atoms with Crippen molar-refractivity contribution in [3.63, 3.8) is 0 Å². The lowest BCUT2D eigenvalue weighted by atomic mass is 10.1. The molecule has 0 aliphatic carbocycles. The largest absolute Gasteiger partial charge is 0.385 e. The van der Waals surface area contributed by atoms with Crippen LogP contribution in [-0.4, -0.2) is 13.5 Å². The van der Waals surface area contributed by atoms with Crippen molar-refractivity contribution in [1.29, 1.82) is 0 Å². The van der Waals surface area contributed by atoms with Crippen molar-refractivity contribution in [2.24, 2.45) is 5.14 Å². The van der Waals surface area contributed by atoms with E-state index in [9.17, 15) is 13.5 Å². The van der Waals surface area contributed by atoms with Crippen LogP contribution in [0.2, 0.25) is 0 Å². The molecule has 0 spiro atoms. The van der Waals surface area contributed by atoms with Gasteiger partial charge in [-0.25, -0.2) is 13.6 Å². The van der Waals surface area contributed by atoms with E-state index in [0.717, 1.165) is 15.3 Å². The second-order valence-electron chi connectivity index (χ2n) is 4.79. The Balaban J connectivity index is 2.36. The summed E-state index contributed by atoms with van der Waals surface area (Å²) in [5.41, 5.74) is 0.0246. The van der Waals surface area contributed by atoms with Crippen LogP contribution in [0.4, 0.5) is 0 Å². The normalized spacial score (nSPS) is 12.6. The molecule has 1 aromatic heterocycles. The highest BCUT2D eigenvalue weighted by Gasteiger charge is 2.18. The standard InChI is InChI=1S/C13H15NO3S2/c1-13(2,15)12-8-7-11(18-12)9-3-5-10(6-4-9)19(14,16)17/h3-8,15H,1-2H3,(H2,14,16,17). The minimum Gasteiger partial charge on any atom is -0.385 e. The fourth-order valence-corrected chi connectivity index (χ4v) is 3.16. The van der Waals surface area contributed by atoms with Gasteiger partial charge in [0.05, 0.1) is 10.5 Å². The van der Waals surface area contributed by atoms with Crippen LogP contribution < -0.4 is 5.14 Å². The Morgan fingerprint density at radius 1 is 1.11 bits per heavy atom. The van der Waals surface area contributed by atoms with Crippen molar-refractivity contribution in [2.75, 3.05) is 0 Å². The number of hydrogen-bond acceptors (Lipinski definition) is 4. The highest BCUT2D eigenvalue weighted by atomic mass is 32.2. The van der Waals surface area contributed by atoms with Gasteiger partial charge in [-0.2, -0.15) is 0 Å². The van der Waals surface area contributed by atoms with Gasteiger partial charge in [0.25, 0.3) is 0 Å². The molecule has 0 unspecified atom stereocenters. The van der Waals surface area contributed by atoms with E-state index in [1.807, 2.05) is 12.1 Å². The number of thiophene rings is 1. The van der Waals surface area contributed by atoms with Crippen LogP contribution in [0.25, 0.3) is 10.4 Å². The molecule has 0 amide bonds. The first kappa shape index (κ1) is 14.2. The summed E-state index contributed by atoms with van der Waals surface area (Å²) >= 11 is 1.48. The van der Waals surface area contributed by atoms with E-state index in [-0.39, 0.29) is 4.90 Å². The van der Waals surface area contributed by atoms with E-state index in [2.05, 4.69) is 0 Å². The first-order valence-electron chi connectivity index (χ1n) is 5.64. The van der Waals surface area contributed by atoms with Crippen LogP contribution in [0.3, 0.4) is 0 Å². The maximum atomic E-state index is 11.2. The summed E-state index contributed by atoms with van der Waals surface area (Å²) in [6.07, 6.45) is 0. The van der Waals surface area contributed by atoms with E-state index < -0.39 is 15.6 Å². The smallest absolute Gasteiger partial charge is 0.238 e. The second kappa shape index (κ2) is 4.72. The van der Waals surface area contributed by atoms with Crippen LogP contribution in [0.5, 0.6) is 0 Å². The lowest BCUT2D eigenvalue weighted by Gasteiger charge is -2.14. The number of aliphatic hydroxyl groups is 1. The number of nitrogens with two attached hydrogens (primary N) is 1. The lowest BCUT2D eigenvalue weighted by Crippen LogP contribution is -2.12. The molecule has 3 N–H and O–H groups in total. The minimum absolute atomic E-state index is 0.0931. The van der Waals surface area contributed by atoms with Gasteiger partial charge in [0.15, 0.2) is 0 Å². The number of hydrogen-bond donors (Lipinski definition) is 2. The maximum Gasteiger partial charge on any atom is 0.238 e. The van der Waals surface area contributed by atoms with Crippen molar-refractivity contribution in [3.8, 4) is 10.4 Å². The Labute approximate surface area is 116 Å². The zero-order valence-corrected chi connectivity index (χ0v) is 12.3. The van der Waals surface area contributed by atoms with E-state index in [1.165, 1.54) is 23.5 Å². The molecular formula is C13H15NO3S2. The van der Waals surface area contributed by atoms with Gasteiger partial charge in [-0.3, -0.25) is 0 Å². The van der Waals surface area contributed by atoms with Gasteiger partial charge in [0, 0.05) is 9.75 Å². The molecule has 2 rings (SSSR count). The summed E-state index contributed by atoms with van der Waals surface area (Å²) in [4.78, 5) is 1.92. The SMILES string of the molecule is CC(C)(O)c1ccc(-c2ccc(S(N)(=O)=O)cc2)s1. The zero-order valence-electron chi connectivity index (χ0n) is 10.6. The second-order valence-corrected chi connectivity index (χ2v) is 7.44. The average Bonchev–Trinajstić information content (AvgIpc) is 2.77. The van der Waals surface area contributed by atoms with Crippen molar-refractivity contribution in [2.45, 2.75) is 24.3 Å². The molecule has 0 aliphatic rings. The Morgan fingerprint density at radius 3 is 2.11 bits per heavy atom. The summed E-state index contributed by atoms with van der Waals surface area (Å²) < 4.78 is 22.3. The summed E-state index contributed by atoms with van der Waals surface area (Å²) in [5.74, 6) is 0. The Hall–Kier alpha value is -1.21. The predicted molar refractivity (Wildman–Crippen MR) is 76.4 cm³/mol. The molecule has 0 bridgehead atoms. The predicted octanol–water partition coefficient (Wildman–Crippen LogP) is 2.29. The maximum absolute atomic E-state index is 11.2. The zero-order chi connectivity index (χ0) is 14.3. The van der Waals surface area contributed by atoms with Gasteiger partial charge >= 0.3 is 0 Å². The Kier molecular flexibility index (Phi) is 3.53. The van der Waals surface area contributed by atoms with E-state index >= 15 is 0 Å². The van der Waals surface area contributed by atoms with Crippen LogP contribution in [0.15, 0.2) is 41.3 Å². The van der Waals surface area contributed by atoms with Gasteiger partial charge in [-0.15, -0.1) is 11.3 Å². The first-order valence-corrected chi connectivity index (χ1v) is 8.00. The van der Waals surface area contributed by atoms with Crippen molar-refractivity contribution in [1.82, 2.24) is 0 Å². The molecule has 0 atom stereocenters. The van der Waals surface area contributed by atoms with E-state index in [1.54, 1.807) is 26.0 Å². The Bertz CT molecular complexity index is 679. The Morgan fingerprint density at radius 2 is 1.68 bits per heavy atom. The summed E-state index contributed by atoms with van der Waals surface area (Å²) in [6.45, 7) is 3.46. The monoisotopic (exact) mass is 297 g/mol. The highest BCUT2D eigenvalue weighted by Crippen LogP contribution is 2.34. The summed E-state index contributed by atoms with van der Waals surface area (Å²) in [6, 6.07) is 10.2. The van der Waals surface area contributed by atoms with Gasteiger partial charge in [-0.05, 0) is 43.7 Å². The quantitative estimate of drug-likeness (QED) is 0.912. The fraction of sp³-hybridized carbons (Fsp3) is 0.231. The fourth-order valence-electron chi connectivity index (χ4n) is 1.63. The van der Waals surface area contributed by atoms with Crippen molar-refractivity contribution in [3.05, 3.63) is 41.3 Å². The average molecular weight is 297 g/mol. The van der Waals surface area contributed by atoms with Crippen LogP contribution in [0.1, 0.15) is 18.7 Å². The minimum atomic E-state index is -3.66. The number of primary sulfonamides is 1. The van der Waals surface area contributed by atoms with Crippen LogP contribution in [-0.2, 0) is 15.6 Å². The van der Waals surface area contributed by atoms with Gasteiger partial charge in [0.1, 0.15) is 0 Å². The molecule has 1 aromatic carbocycles. The molecular weight excluding hydrogens is 282 g/mol. The highest BCUT2D eigenvalue weighted by molar-refractivity contribution is 7.89. The molecule has 0 radical (unpaired) electrons. The lowest BCUT2D eigenvalue weighted by molar-refractivity contribution is 0.0825. The molecule has 0 aliphatic heterocycles. The summed E-state index contributed by atoms with van der Waals surface area (Å²) in [7, 11) is -3.66. The van der Waals surface area contributed by atoms with Gasteiger partial charge < -0.3 is 5.11 Å². The third-order valence-corrected chi connectivity index (χ3v) is 5.05. The molecule has 4 nitrogen and oxygen atoms in total. The molecule has 6 heteroatoms. The molecule has 19 heavy (non-hydrogen) atoms. The third kappa shape index (κ3) is 3.22. The van der Waals surface area contributed by atoms with Crippen molar-refractivity contribution < 1.29 is 13.5 Å². The molecule has 0 saturated heterocycles. The first-order chi connectivity index (χ1) is 8.68. The van der Waals surface area contributed by atoms with Crippen LogP contribution >= 0.6 is 11.3 Å². The van der Waals surface area contributed by atoms with E-state index in [0.29, 0.717) is 0 Å². The molecule has 0 fully saturated rings. The van der Waals surface area contributed by atoms with Crippen molar-refractivity contribution >= 4 is 21.4 Å². The van der Waals surface area contributed by atoms with Crippen LogP contribution in [0, 0.1) is 0 Å². The third-order valence-electron chi connectivity index (χ3n) is 2.68. The number of sulfonamides is 1. The van der Waals surface area contributed by atoms with Gasteiger partial charge in [0.2, 0.25) is 10.0 Å². The van der Waals surface area contributed by atoms with Gasteiger partial charge in [-0.1, -0.05) is 12.1 Å². The van der Waals surface area contributed by atoms with E-state index in [4.69, 9.17) is 5.14 Å². The molecule has 102 valence electrons. The number of rotatable bonds is 3. The molecule has 1 heterocycles. The number of benzene rings is 1. The summed E-state index contributed by atoms with van der Waals surface area (Å²) in [5, 5.41) is 15.0. The molecule has 0 saturated carbocycles. The molecule has 2 aromatic rings. The topological polar surface area (TPSA) is 80.4 Å².